The van der Waals surface area contributed by atoms with Gasteiger partial charge in [0, 0.05) is 23.7 Å². The van der Waals surface area contributed by atoms with Gasteiger partial charge in [0.25, 0.3) is 5.91 Å². The van der Waals surface area contributed by atoms with E-state index in [1.165, 1.54) is 6.20 Å². The number of carbonyl (C=O) groups excluding carboxylic acids is 1. The minimum Gasteiger partial charge on any atom is -0.395 e. The predicted molar refractivity (Wildman–Crippen MR) is 82.3 cm³/mol. The highest BCUT2D eigenvalue weighted by Crippen LogP contribution is 2.24. The fourth-order valence-electron chi connectivity index (χ4n) is 2.16. The normalized spacial score (nSPS) is 10.6. The predicted octanol–water partition coefficient (Wildman–Crippen LogP) is 2.57. The molecule has 0 unspecified atom stereocenters. The van der Waals surface area contributed by atoms with Crippen LogP contribution < -0.4 is 0 Å². The summed E-state index contributed by atoms with van der Waals surface area (Å²) in [6.45, 7) is 2.86. The number of H-pyrrole nitrogens is 1. The molecule has 0 bridgehead atoms. The Labute approximate surface area is 128 Å². The van der Waals surface area contributed by atoms with Crippen LogP contribution in [-0.2, 0) is 0 Å². The number of halogens is 1. The second kappa shape index (κ2) is 7.24. The summed E-state index contributed by atoms with van der Waals surface area (Å²) < 4.78 is 0. The number of aromatic nitrogens is 2. The van der Waals surface area contributed by atoms with Crippen molar-refractivity contribution in [1.29, 1.82) is 0 Å². The van der Waals surface area contributed by atoms with E-state index >= 15 is 0 Å². The molecule has 0 radical (unpaired) electrons. The van der Waals surface area contributed by atoms with Crippen molar-refractivity contribution in [1.82, 2.24) is 15.1 Å². The van der Waals surface area contributed by atoms with Crippen molar-refractivity contribution in [3.63, 3.8) is 0 Å². The average molecular weight is 308 g/mol. The SMILES string of the molecule is CCCN(CCO)C(=O)c1cn[nH]c1-c1ccc(Cl)cc1. The number of nitrogens with one attached hydrogen (secondary N) is 1. The summed E-state index contributed by atoms with van der Waals surface area (Å²) in [5.74, 6) is -0.135. The topological polar surface area (TPSA) is 69.2 Å². The summed E-state index contributed by atoms with van der Waals surface area (Å²) in [5, 5.41) is 16.6. The van der Waals surface area contributed by atoms with E-state index in [2.05, 4.69) is 10.2 Å². The summed E-state index contributed by atoms with van der Waals surface area (Å²) >= 11 is 5.88. The molecule has 0 fully saturated rings. The molecule has 5 nitrogen and oxygen atoms in total. The molecule has 0 aliphatic heterocycles. The van der Waals surface area contributed by atoms with Crippen LogP contribution in [0.4, 0.5) is 0 Å². The van der Waals surface area contributed by atoms with E-state index in [4.69, 9.17) is 16.7 Å². The van der Waals surface area contributed by atoms with Gasteiger partial charge in [0.2, 0.25) is 0 Å². The Kier molecular flexibility index (Phi) is 5.36. The van der Waals surface area contributed by atoms with Gasteiger partial charge in [-0.2, -0.15) is 5.10 Å². The quantitative estimate of drug-likeness (QED) is 0.862. The lowest BCUT2D eigenvalue weighted by atomic mass is 10.1. The molecule has 0 aliphatic carbocycles. The Morgan fingerprint density at radius 1 is 1.33 bits per heavy atom. The van der Waals surface area contributed by atoms with E-state index in [1.54, 1.807) is 17.0 Å². The molecule has 1 aromatic carbocycles. The first-order chi connectivity index (χ1) is 10.2. The van der Waals surface area contributed by atoms with Crippen molar-refractivity contribution in [2.24, 2.45) is 0 Å². The molecular formula is C15H18ClN3O2. The summed E-state index contributed by atoms with van der Waals surface area (Å²) in [7, 11) is 0. The molecule has 0 spiro atoms. The van der Waals surface area contributed by atoms with Crippen molar-refractivity contribution < 1.29 is 9.90 Å². The molecule has 0 atom stereocenters. The number of aromatic amines is 1. The number of nitrogens with zero attached hydrogens (tertiary/aromatic N) is 2. The molecule has 1 amide bonds. The molecule has 1 aromatic heterocycles. The first-order valence-corrected chi connectivity index (χ1v) is 7.24. The van der Waals surface area contributed by atoms with Crippen LogP contribution in [0.2, 0.25) is 5.02 Å². The van der Waals surface area contributed by atoms with E-state index in [0.717, 1.165) is 12.0 Å². The van der Waals surface area contributed by atoms with Gasteiger partial charge < -0.3 is 10.0 Å². The van der Waals surface area contributed by atoms with Crippen LogP contribution in [0, 0.1) is 0 Å². The lowest BCUT2D eigenvalue weighted by Gasteiger charge is -2.20. The van der Waals surface area contributed by atoms with Crippen molar-refractivity contribution in [3.05, 3.63) is 41.0 Å². The third kappa shape index (κ3) is 3.62. The molecular weight excluding hydrogens is 290 g/mol. The number of carbonyl (C=O) groups is 1. The Morgan fingerprint density at radius 2 is 2.05 bits per heavy atom. The van der Waals surface area contributed by atoms with Gasteiger partial charge >= 0.3 is 0 Å². The summed E-state index contributed by atoms with van der Waals surface area (Å²) in [6.07, 6.45) is 2.35. The minimum atomic E-state index is -0.135. The van der Waals surface area contributed by atoms with Crippen molar-refractivity contribution in [2.75, 3.05) is 19.7 Å². The number of aliphatic hydroxyl groups is 1. The van der Waals surface area contributed by atoms with Crippen LogP contribution in [0.3, 0.4) is 0 Å². The lowest BCUT2D eigenvalue weighted by Crippen LogP contribution is -2.34. The highest BCUT2D eigenvalue weighted by Gasteiger charge is 2.20. The van der Waals surface area contributed by atoms with Gasteiger partial charge in [0.1, 0.15) is 0 Å². The Balaban J connectivity index is 2.30. The van der Waals surface area contributed by atoms with Gasteiger partial charge in [0.05, 0.1) is 24.1 Å². The van der Waals surface area contributed by atoms with Gasteiger partial charge in [-0.1, -0.05) is 30.7 Å². The molecule has 0 saturated carbocycles. The number of hydrogen-bond acceptors (Lipinski definition) is 3. The average Bonchev–Trinajstić information content (AvgIpc) is 2.96. The lowest BCUT2D eigenvalue weighted by molar-refractivity contribution is 0.0723. The monoisotopic (exact) mass is 307 g/mol. The second-order valence-corrected chi connectivity index (χ2v) is 5.12. The minimum absolute atomic E-state index is 0.0557. The zero-order valence-corrected chi connectivity index (χ0v) is 12.6. The van der Waals surface area contributed by atoms with Gasteiger partial charge in [-0.15, -0.1) is 0 Å². The smallest absolute Gasteiger partial charge is 0.257 e. The summed E-state index contributed by atoms with van der Waals surface area (Å²) in [4.78, 5) is 14.2. The van der Waals surface area contributed by atoms with E-state index < -0.39 is 0 Å². The number of rotatable bonds is 6. The van der Waals surface area contributed by atoms with Gasteiger partial charge in [-0.05, 0) is 18.6 Å². The van der Waals surface area contributed by atoms with Crippen LogP contribution in [0.1, 0.15) is 23.7 Å². The molecule has 2 N–H and O–H groups in total. The molecule has 0 saturated heterocycles. The fraction of sp³-hybridized carbons (Fsp3) is 0.333. The molecule has 6 heteroatoms. The fourth-order valence-corrected chi connectivity index (χ4v) is 2.29. The van der Waals surface area contributed by atoms with E-state index in [1.807, 2.05) is 19.1 Å². The van der Waals surface area contributed by atoms with Crippen LogP contribution in [0.25, 0.3) is 11.3 Å². The maximum absolute atomic E-state index is 12.6. The van der Waals surface area contributed by atoms with Crippen molar-refractivity contribution >= 4 is 17.5 Å². The molecule has 2 aromatic rings. The first kappa shape index (κ1) is 15.5. The maximum atomic E-state index is 12.6. The summed E-state index contributed by atoms with van der Waals surface area (Å²) in [6, 6.07) is 7.21. The largest absolute Gasteiger partial charge is 0.395 e. The van der Waals surface area contributed by atoms with Gasteiger partial charge in [-0.25, -0.2) is 0 Å². The van der Waals surface area contributed by atoms with E-state index in [-0.39, 0.29) is 12.5 Å². The Morgan fingerprint density at radius 3 is 2.67 bits per heavy atom. The molecule has 112 valence electrons. The second-order valence-electron chi connectivity index (χ2n) is 4.68. The highest BCUT2D eigenvalue weighted by atomic mass is 35.5. The zero-order valence-electron chi connectivity index (χ0n) is 11.8. The van der Waals surface area contributed by atoms with Gasteiger partial charge in [0.15, 0.2) is 0 Å². The number of amides is 1. The van der Waals surface area contributed by atoms with E-state index in [0.29, 0.717) is 29.4 Å². The first-order valence-electron chi connectivity index (χ1n) is 6.86. The Hall–Kier alpha value is -1.85. The van der Waals surface area contributed by atoms with Crippen LogP contribution in [-0.4, -0.2) is 45.8 Å². The molecule has 1 heterocycles. The Bertz CT molecular complexity index is 589. The maximum Gasteiger partial charge on any atom is 0.257 e. The summed E-state index contributed by atoms with van der Waals surface area (Å²) in [5.41, 5.74) is 2.01. The molecule has 2 rings (SSSR count). The number of aliphatic hydroxyl groups excluding tert-OH is 1. The number of hydrogen-bond donors (Lipinski definition) is 2. The van der Waals surface area contributed by atoms with E-state index in [9.17, 15) is 4.79 Å². The van der Waals surface area contributed by atoms with Crippen molar-refractivity contribution in [2.45, 2.75) is 13.3 Å². The standard InChI is InChI=1S/C15H18ClN3O2/c1-2-7-19(8-9-20)15(21)13-10-17-18-14(13)11-3-5-12(16)6-4-11/h3-6,10,20H,2,7-9H2,1H3,(H,17,18). The zero-order chi connectivity index (χ0) is 15.2. The third-order valence-electron chi connectivity index (χ3n) is 3.15. The van der Waals surface area contributed by atoms with Gasteiger partial charge in [-0.3, -0.25) is 9.89 Å². The molecule has 0 aliphatic rings. The molecule has 21 heavy (non-hydrogen) atoms. The van der Waals surface area contributed by atoms with Crippen LogP contribution in [0.5, 0.6) is 0 Å². The van der Waals surface area contributed by atoms with Crippen molar-refractivity contribution in [3.8, 4) is 11.3 Å². The highest BCUT2D eigenvalue weighted by molar-refractivity contribution is 6.30. The van der Waals surface area contributed by atoms with Crippen LogP contribution >= 0.6 is 11.6 Å². The number of benzene rings is 1. The van der Waals surface area contributed by atoms with Crippen LogP contribution in [0.15, 0.2) is 30.5 Å². The third-order valence-corrected chi connectivity index (χ3v) is 3.41.